The van der Waals surface area contributed by atoms with Gasteiger partial charge in [-0.05, 0) is 18.6 Å². The van der Waals surface area contributed by atoms with Gasteiger partial charge in [-0.15, -0.1) is 0 Å². The normalized spacial score (nSPS) is 10.3. The summed E-state index contributed by atoms with van der Waals surface area (Å²) in [6, 6.07) is 7.85. The molecule has 0 spiro atoms. The topological polar surface area (TPSA) is 46.2 Å². The number of anilines is 3. The molecule has 0 saturated carbocycles. The van der Waals surface area contributed by atoms with Crippen LogP contribution >= 0.6 is 0 Å². The standard InChI is InChI=1S/C15H17F2N3O/c1-3-8-18-14-10(16)9-11(17)15(20-14)19-12-6-4-5-7-13(12)21-2/h4-7,9H,3,8H2,1-2H3,(H2,18,19,20). The van der Waals surface area contributed by atoms with Gasteiger partial charge in [0.2, 0.25) is 0 Å². The van der Waals surface area contributed by atoms with E-state index in [9.17, 15) is 8.78 Å². The van der Waals surface area contributed by atoms with Gasteiger partial charge in [-0.25, -0.2) is 13.8 Å². The summed E-state index contributed by atoms with van der Waals surface area (Å²) in [7, 11) is 1.52. The molecule has 0 bridgehead atoms. The van der Waals surface area contributed by atoms with Crippen molar-refractivity contribution in [2.45, 2.75) is 13.3 Å². The summed E-state index contributed by atoms with van der Waals surface area (Å²) >= 11 is 0. The minimum Gasteiger partial charge on any atom is -0.495 e. The van der Waals surface area contributed by atoms with E-state index in [4.69, 9.17) is 4.74 Å². The van der Waals surface area contributed by atoms with Crippen LogP contribution in [0.5, 0.6) is 5.75 Å². The van der Waals surface area contributed by atoms with Gasteiger partial charge in [-0.3, -0.25) is 0 Å². The highest BCUT2D eigenvalue weighted by molar-refractivity contribution is 5.65. The van der Waals surface area contributed by atoms with E-state index < -0.39 is 11.6 Å². The lowest BCUT2D eigenvalue weighted by atomic mass is 10.3. The van der Waals surface area contributed by atoms with E-state index >= 15 is 0 Å². The number of pyridine rings is 1. The Labute approximate surface area is 122 Å². The Hall–Kier alpha value is -2.37. The van der Waals surface area contributed by atoms with Crippen molar-refractivity contribution in [3.05, 3.63) is 42.0 Å². The third-order valence-corrected chi connectivity index (χ3v) is 2.83. The first kappa shape index (κ1) is 15.0. The molecular weight excluding hydrogens is 276 g/mol. The highest BCUT2D eigenvalue weighted by atomic mass is 19.1. The Bertz CT molecular complexity index is 620. The predicted molar refractivity (Wildman–Crippen MR) is 79.2 cm³/mol. The van der Waals surface area contributed by atoms with Crippen LogP contribution in [0.3, 0.4) is 0 Å². The van der Waals surface area contributed by atoms with Crippen molar-refractivity contribution in [1.29, 1.82) is 0 Å². The van der Waals surface area contributed by atoms with E-state index in [0.717, 1.165) is 12.5 Å². The van der Waals surface area contributed by atoms with Gasteiger partial charge in [-0.2, -0.15) is 0 Å². The van der Waals surface area contributed by atoms with Crippen molar-refractivity contribution in [2.75, 3.05) is 24.3 Å². The Balaban J connectivity index is 2.30. The van der Waals surface area contributed by atoms with Gasteiger partial charge in [0.25, 0.3) is 0 Å². The summed E-state index contributed by atoms with van der Waals surface area (Å²) in [5.41, 5.74) is 0.555. The van der Waals surface area contributed by atoms with Crippen molar-refractivity contribution in [1.82, 2.24) is 4.98 Å². The van der Waals surface area contributed by atoms with Crippen LogP contribution < -0.4 is 15.4 Å². The lowest BCUT2D eigenvalue weighted by molar-refractivity contribution is 0.416. The molecule has 6 heteroatoms. The molecule has 2 rings (SSSR count). The minimum atomic E-state index is -0.763. The van der Waals surface area contributed by atoms with Gasteiger partial charge in [0, 0.05) is 12.6 Å². The van der Waals surface area contributed by atoms with Crippen molar-refractivity contribution < 1.29 is 13.5 Å². The zero-order chi connectivity index (χ0) is 15.2. The molecule has 2 aromatic rings. The SMILES string of the molecule is CCCNc1nc(Nc2ccccc2OC)c(F)cc1F. The number of nitrogens with zero attached hydrogens (tertiary/aromatic N) is 1. The molecule has 1 heterocycles. The number of hydrogen-bond acceptors (Lipinski definition) is 4. The van der Waals surface area contributed by atoms with Crippen molar-refractivity contribution >= 4 is 17.3 Å². The molecule has 0 radical (unpaired) electrons. The maximum Gasteiger partial charge on any atom is 0.169 e. The van der Waals surface area contributed by atoms with Gasteiger partial charge < -0.3 is 15.4 Å². The molecule has 112 valence electrons. The Morgan fingerprint density at radius 3 is 2.57 bits per heavy atom. The molecule has 0 fully saturated rings. The Morgan fingerprint density at radius 1 is 1.14 bits per heavy atom. The quantitative estimate of drug-likeness (QED) is 0.847. The number of ether oxygens (including phenoxy) is 1. The van der Waals surface area contributed by atoms with Crippen LogP contribution in [0.15, 0.2) is 30.3 Å². The molecule has 0 aliphatic heterocycles. The Kier molecular flexibility index (Phi) is 4.92. The molecule has 0 unspecified atom stereocenters. The predicted octanol–water partition coefficient (Wildman–Crippen LogP) is 3.93. The van der Waals surface area contributed by atoms with Crippen molar-refractivity contribution in [2.24, 2.45) is 0 Å². The number of aromatic nitrogens is 1. The van der Waals surface area contributed by atoms with Gasteiger partial charge in [0.1, 0.15) is 5.75 Å². The fourth-order valence-corrected chi connectivity index (χ4v) is 1.80. The lowest BCUT2D eigenvalue weighted by Gasteiger charge is -2.13. The molecule has 1 aromatic carbocycles. The maximum absolute atomic E-state index is 13.8. The van der Waals surface area contributed by atoms with Crippen LogP contribution in [0.25, 0.3) is 0 Å². The monoisotopic (exact) mass is 293 g/mol. The molecule has 4 nitrogen and oxygen atoms in total. The number of benzene rings is 1. The van der Waals surface area contributed by atoms with Crippen LogP contribution in [0.2, 0.25) is 0 Å². The van der Waals surface area contributed by atoms with Crippen LogP contribution in [-0.2, 0) is 0 Å². The van der Waals surface area contributed by atoms with Crippen LogP contribution in [0.4, 0.5) is 26.1 Å². The van der Waals surface area contributed by atoms with Crippen LogP contribution in [0.1, 0.15) is 13.3 Å². The average Bonchev–Trinajstić information content (AvgIpc) is 2.49. The fourth-order valence-electron chi connectivity index (χ4n) is 1.80. The first-order chi connectivity index (χ1) is 10.2. The largest absolute Gasteiger partial charge is 0.495 e. The molecule has 2 N–H and O–H groups in total. The second-order valence-electron chi connectivity index (χ2n) is 4.40. The second-order valence-corrected chi connectivity index (χ2v) is 4.40. The van der Waals surface area contributed by atoms with E-state index in [2.05, 4.69) is 15.6 Å². The summed E-state index contributed by atoms with van der Waals surface area (Å²) in [6.45, 7) is 2.51. The van der Waals surface area contributed by atoms with Gasteiger partial charge in [0.15, 0.2) is 23.3 Å². The summed E-state index contributed by atoms with van der Waals surface area (Å²) in [4.78, 5) is 3.95. The summed E-state index contributed by atoms with van der Waals surface area (Å²) < 4.78 is 32.6. The Morgan fingerprint density at radius 2 is 1.86 bits per heavy atom. The molecule has 0 amide bonds. The molecule has 0 aliphatic carbocycles. The smallest absolute Gasteiger partial charge is 0.169 e. The first-order valence-corrected chi connectivity index (χ1v) is 6.65. The van der Waals surface area contributed by atoms with E-state index in [-0.39, 0.29) is 11.6 Å². The summed E-state index contributed by atoms with van der Waals surface area (Å²) in [5, 5.41) is 5.64. The summed E-state index contributed by atoms with van der Waals surface area (Å²) in [6.07, 6.45) is 0.813. The van der Waals surface area contributed by atoms with Gasteiger partial charge in [-0.1, -0.05) is 19.1 Å². The lowest BCUT2D eigenvalue weighted by Crippen LogP contribution is -2.08. The van der Waals surface area contributed by atoms with Crippen molar-refractivity contribution in [3.63, 3.8) is 0 Å². The van der Waals surface area contributed by atoms with E-state index in [1.165, 1.54) is 7.11 Å². The molecule has 0 aliphatic rings. The highest BCUT2D eigenvalue weighted by Gasteiger charge is 2.13. The highest BCUT2D eigenvalue weighted by Crippen LogP contribution is 2.28. The van der Waals surface area contributed by atoms with E-state index in [1.54, 1.807) is 24.3 Å². The zero-order valence-corrected chi connectivity index (χ0v) is 11.9. The van der Waals surface area contributed by atoms with Gasteiger partial charge in [0.05, 0.1) is 12.8 Å². The molecule has 21 heavy (non-hydrogen) atoms. The summed E-state index contributed by atoms with van der Waals surface area (Å²) in [5.74, 6) is -0.965. The number of halogens is 2. The maximum atomic E-state index is 13.8. The average molecular weight is 293 g/mol. The number of para-hydroxylation sites is 2. The molecule has 1 aromatic heterocycles. The van der Waals surface area contributed by atoms with Gasteiger partial charge >= 0.3 is 0 Å². The van der Waals surface area contributed by atoms with Crippen LogP contribution in [-0.4, -0.2) is 18.6 Å². The number of rotatable bonds is 6. The number of hydrogen-bond donors (Lipinski definition) is 2. The molecule has 0 atom stereocenters. The van der Waals surface area contributed by atoms with E-state index in [0.29, 0.717) is 18.0 Å². The first-order valence-electron chi connectivity index (χ1n) is 6.65. The fraction of sp³-hybridized carbons (Fsp3) is 0.267. The molecular formula is C15H17F2N3O. The number of nitrogens with one attached hydrogen (secondary N) is 2. The van der Waals surface area contributed by atoms with Crippen molar-refractivity contribution in [3.8, 4) is 5.75 Å². The van der Waals surface area contributed by atoms with Crippen LogP contribution in [0, 0.1) is 11.6 Å². The minimum absolute atomic E-state index is 0.0237. The number of methoxy groups -OCH3 is 1. The van der Waals surface area contributed by atoms with E-state index in [1.807, 2.05) is 6.92 Å². The second kappa shape index (κ2) is 6.88. The third-order valence-electron chi connectivity index (χ3n) is 2.83. The zero-order valence-electron chi connectivity index (χ0n) is 11.9. The third kappa shape index (κ3) is 3.59. The molecule has 0 saturated heterocycles.